The van der Waals surface area contributed by atoms with Crippen LogP contribution in [0.2, 0.25) is 4.34 Å². The molecule has 0 aliphatic heterocycles. The molecule has 19 heavy (non-hydrogen) atoms. The highest BCUT2D eigenvalue weighted by Crippen LogP contribution is 2.35. The number of hydrogen-bond acceptors (Lipinski definition) is 4. The van der Waals surface area contributed by atoms with Gasteiger partial charge in [0.15, 0.2) is 0 Å². The summed E-state index contributed by atoms with van der Waals surface area (Å²) >= 11 is 6.79. The first-order chi connectivity index (χ1) is 8.88. The van der Waals surface area contributed by atoms with E-state index in [0.29, 0.717) is 4.34 Å². The number of aliphatic hydroxyl groups excluding tert-OH is 1. The summed E-state index contributed by atoms with van der Waals surface area (Å²) in [5, 5.41) is 9.50. The van der Waals surface area contributed by atoms with Crippen molar-refractivity contribution in [1.29, 1.82) is 0 Å². The lowest BCUT2D eigenvalue weighted by Gasteiger charge is -2.24. The van der Waals surface area contributed by atoms with Gasteiger partial charge >= 0.3 is 0 Å². The van der Waals surface area contributed by atoms with E-state index in [9.17, 15) is 13.5 Å². The summed E-state index contributed by atoms with van der Waals surface area (Å²) in [5.41, 5.74) is 0. The fraction of sp³-hybridized carbons (Fsp3) is 0.538. The lowest BCUT2D eigenvalue weighted by molar-refractivity contribution is 0.198. The number of hydrogen-bond donors (Lipinski definition) is 1. The van der Waals surface area contributed by atoms with Crippen molar-refractivity contribution in [2.24, 2.45) is 11.8 Å². The molecular weight excluding hydrogens is 304 g/mol. The Morgan fingerprint density at radius 2 is 2.00 bits per heavy atom. The minimum absolute atomic E-state index is 0.0854. The van der Waals surface area contributed by atoms with Crippen LogP contribution in [0.25, 0.3) is 0 Å². The van der Waals surface area contributed by atoms with E-state index in [1.807, 2.05) is 13.8 Å². The van der Waals surface area contributed by atoms with Crippen molar-refractivity contribution >= 4 is 32.8 Å². The molecule has 1 N–H and O–H groups in total. The van der Waals surface area contributed by atoms with Crippen molar-refractivity contribution in [3.8, 4) is 0 Å². The van der Waals surface area contributed by atoms with Gasteiger partial charge in [-0.05, 0) is 18.1 Å². The van der Waals surface area contributed by atoms with Crippen molar-refractivity contribution in [3.05, 3.63) is 28.0 Å². The molecule has 0 amide bonds. The average Bonchev–Trinajstić information content (AvgIpc) is 2.82. The Morgan fingerprint density at radius 1 is 1.42 bits per heavy atom. The molecule has 3 nitrogen and oxygen atoms in total. The lowest BCUT2D eigenvalue weighted by Crippen LogP contribution is -2.23. The highest BCUT2D eigenvalue weighted by molar-refractivity contribution is 7.97. The number of aliphatic hydroxyl groups is 1. The van der Waals surface area contributed by atoms with Gasteiger partial charge in [0, 0.05) is 10.8 Å². The smallest absolute Gasteiger partial charge is 0.211 e. The van der Waals surface area contributed by atoms with Crippen LogP contribution in [0.5, 0.6) is 0 Å². The molecule has 1 aromatic heterocycles. The van der Waals surface area contributed by atoms with Crippen LogP contribution in [0, 0.1) is 11.8 Å². The third-order valence-corrected chi connectivity index (χ3v) is 6.98. The Balaban J connectivity index is 3.09. The van der Waals surface area contributed by atoms with Crippen LogP contribution in [0.1, 0.15) is 26.7 Å². The SMILES string of the molecule is C=C([C@H](CO)C(CC)CC)S(=O)(=O)c1ccc(Cl)s1. The molecule has 108 valence electrons. The summed E-state index contributed by atoms with van der Waals surface area (Å²) in [6, 6.07) is 3.03. The Morgan fingerprint density at radius 3 is 2.37 bits per heavy atom. The molecule has 0 bridgehead atoms. The highest BCUT2D eigenvalue weighted by Gasteiger charge is 2.31. The zero-order valence-corrected chi connectivity index (χ0v) is 13.5. The second kappa shape index (κ2) is 6.88. The Kier molecular flexibility index (Phi) is 6.05. The second-order valence-corrected chi connectivity index (χ2v) is 8.34. The molecule has 0 fully saturated rings. The molecule has 1 aromatic rings. The van der Waals surface area contributed by atoms with Gasteiger partial charge in [-0.15, -0.1) is 11.3 Å². The normalized spacial score (nSPS) is 13.7. The second-order valence-electron chi connectivity index (χ2n) is 4.39. The van der Waals surface area contributed by atoms with Crippen molar-refractivity contribution in [2.75, 3.05) is 6.61 Å². The summed E-state index contributed by atoms with van der Waals surface area (Å²) in [5.74, 6) is -0.316. The molecule has 0 aliphatic rings. The summed E-state index contributed by atoms with van der Waals surface area (Å²) in [7, 11) is -3.62. The summed E-state index contributed by atoms with van der Waals surface area (Å²) in [4.78, 5) is 0.0854. The molecule has 0 spiro atoms. The van der Waals surface area contributed by atoms with Gasteiger partial charge < -0.3 is 5.11 Å². The van der Waals surface area contributed by atoms with Crippen LogP contribution < -0.4 is 0 Å². The van der Waals surface area contributed by atoms with Gasteiger partial charge in [-0.2, -0.15) is 0 Å². The number of sulfone groups is 1. The fourth-order valence-electron chi connectivity index (χ4n) is 2.14. The molecule has 0 radical (unpaired) electrons. The van der Waals surface area contributed by atoms with E-state index in [2.05, 4.69) is 6.58 Å². The third kappa shape index (κ3) is 3.60. The monoisotopic (exact) mass is 322 g/mol. The zero-order chi connectivity index (χ0) is 14.6. The molecule has 0 aromatic carbocycles. The maximum Gasteiger partial charge on any atom is 0.211 e. The molecule has 1 rings (SSSR count). The standard InChI is InChI=1S/C13H19ClO3S2/c1-4-10(5-2)11(8-15)9(3)19(16,17)13-7-6-12(14)18-13/h6-7,10-11,15H,3-5,8H2,1-2H3/t11-/m0/s1. The largest absolute Gasteiger partial charge is 0.396 e. The Hall–Kier alpha value is -0.360. The third-order valence-electron chi connectivity index (χ3n) is 3.39. The molecule has 1 heterocycles. The van der Waals surface area contributed by atoms with E-state index in [1.54, 1.807) is 6.07 Å². The highest BCUT2D eigenvalue weighted by atomic mass is 35.5. The van der Waals surface area contributed by atoms with E-state index in [4.69, 9.17) is 11.6 Å². The molecule has 6 heteroatoms. The van der Waals surface area contributed by atoms with Crippen LogP contribution in [0.3, 0.4) is 0 Å². The number of rotatable bonds is 7. The Labute approximate surface area is 123 Å². The van der Waals surface area contributed by atoms with Gasteiger partial charge in [0.1, 0.15) is 4.21 Å². The maximum atomic E-state index is 12.4. The van der Waals surface area contributed by atoms with E-state index >= 15 is 0 Å². The topological polar surface area (TPSA) is 54.4 Å². The van der Waals surface area contributed by atoms with Gasteiger partial charge in [0.2, 0.25) is 9.84 Å². The van der Waals surface area contributed by atoms with E-state index < -0.39 is 15.8 Å². The van der Waals surface area contributed by atoms with Crippen molar-refractivity contribution in [2.45, 2.75) is 30.9 Å². The minimum Gasteiger partial charge on any atom is -0.396 e. The summed E-state index contributed by atoms with van der Waals surface area (Å²) in [6.07, 6.45) is 1.61. The van der Waals surface area contributed by atoms with E-state index in [-0.39, 0.29) is 21.6 Å². The number of thiophene rings is 1. The van der Waals surface area contributed by atoms with Gasteiger partial charge in [-0.3, -0.25) is 0 Å². The van der Waals surface area contributed by atoms with Gasteiger partial charge in [-0.1, -0.05) is 44.9 Å². The van der Waals surface area contributed by atoms with Crippen LogP contribution in [0.15, 0.2) is 27.8 Å². The van der Waals surface area contributed by atoms with Crippen molar-refractivity contribution in [3.63, 3.8) is 0 Å². The fourth-order valence-corrected chi connectivity index (χ4v) is 5.26. The molecule has 0 saturated heterocycles. The quantitative estimate of drug-likeness (QED) is 0.832. The predicted molar refractivity (Wildman–Crippen MR) is 80.3 cm³/mol. The zero-order valence-electron chi connectivity index (χ0n) is 11.1. The summed E-state index contributed by atoms with van der Waals surface area (Å²) in [6.45, 7) is 7.48. The average molecular weight is 323 g/mol. The molecule has 0 aliphatic carbocycles. The van der Waals surface area contributed by atoms with Gasteiger partial charge in [0.05, 0.1) is 10.9 Å². The first kappa shape index (κ1) is 16.7. The first-order valence-electron chi connectivity index (χ1n) is 6.18. The van der Waals surface area contributed by atoms with Crippen LogP contribution in [0.4, 0.5) is 0 Å². The van der Waals surface area contributed by atoms with E-state index in [1.165, 1.54) is 6.07 Å². The van der Waals surface area contributed by atoms with Gasteiger partial charge in [0.25, 0.3) is 0 Å². The van der Waals surface area contributed by atoms with Crippen LogP contribution in [-0.4, -0.2) is 20.1 Å². The minimum atomic E-state index is -3.62. The number of halogens is 1. The first-order valence-corrected chi connectivity index (χ1v) is 8.86. The Bertz CT molecular complexity index is 530. The van der Waals surface area contributed by atoms with Crippen LogP contribution >= 0.6 is 22.9 Å². The summed E-state index contributed by atoms with van der Waals surface area (Å²) < 4.78 is 25.5. The lowest BCUT2D eigenvalue weighted by atomic mass is 9.88. The maximum absolute atomic E-state index is 12.4. The molecule has 1 atom stereocenters. The molecular formula is C13H19ClO3S2. The predicted octanol–water partition coefficient (Wildman–Crippen LogP) is 3.73. The van der Waals surface area contributed by atoms with E-state index in [0.717, 1.165) is 24.2 Å². The van der Waals surface area contributed by atoms with Crippen molar-refractivity contribution in [1.82, 2.24) is 0 Å². The molecule has 0 saturated carbocycles. The van der Waals surface area contributed by atoms with Gasteiger partial charge in [-0.25, -0.2) is 8.42 Å². The van der Waals surface area contributed by atoms with Crippen LogP contribution in [-0.2, 0) is 9.84 Å². The molecule has 0 unspecified atom stereocenters. The van der Waals surface area contributed by atoms with Crippen molar-refractivity contribution < 1.29 is 13.5 Å².